The second-order valence-corrected chi connectivity index (χ2v) is 6.89. The van der Waals surface area contributed by atoms with Crippen LogP contribution in [0.2, 0.25) is 0 Å². The molecule has 2 aromatic rings. The van der Waals surface area contributed by atoms with Gasteiger partial charge in [-0.05, 0) is 23.3 Å². The highest BCUT2D eigenvalue weighted by Crippen LogP contribution is 2.29. The molecule has 2 rings (SSSR count). The van der Waals surface area contributed by atoms with E-state index in [1.54, 1.807) is 19.2 Å². The molecular weight excluding hydrogens is 491 g/mol. The molecule has 2 aromatic carbocycles. The van der Waals surface area contributed by atoms with Crippen LogP contribution in [0.1, 0.15) is 25.0 Å². The lowest BCUT2D eigenvalue weighted by molar-refractivity contribution is -0.0512. The number of ether oxygens (including phenoxy) is 2. The van der Waals surface area contributed by atoms with E-state index in [0.717, 1.165) is 5.56 Å². The number of guanidine groups is 1. The van der Waals surface area contributed by atoms with Crippen molar-refractivity contribution in [3.05, 3.63) is 59.7 Å². The lowest BCUT2D eigenvalue weighted by Crippen LogP contribution is -2.43. The van der Waals surface area contributed by atoms with Gasteiger partial charge in [0.15, 0.2) is 17.5 Å². The first-order chi connectivity index (χ1) is 13.4. The van der Waals surface area contributed by atoms with E-state index in [2.05, 4.69) is 46.3 Å². The minimum Gasteiger partial charge on any atom is -0.493 e. The molecule has 29 heavy (non-hydrogen) atoms. The van der Waals surface area contributed by atoms with Gasteiger partial charge in [0.25, 0.3) is 0 Å². The number of methoxy groups -OCH3 is 1. The van der Waals surface area contributed by atoms with E-state index in [1.807, 2.05) is 18.2 Å². The lowest BCUT2D eigenvalue weighted by atomic mass is 9.85. The van der Waals surface area contributed by atoms with E-state index in [9.17, 15) is 8.78 Å². The van der Waals surface area contributed by atoms with Crippen molar-refractivity contribution in [2.45, 2.75) is 32.4 Å². The normalized spacial score (nSPS) is 11.6. The predicted octanol–water partition coefficient (Wildman–Crippen LogP) is 4.56. The molecule has 2 N–H and O–H groups in total. The SMILES string of the molecule is CN=C(NCc1ccc(OC)c(OC(F)F)c1)NCC(C)(C)c1ccccc1.I. The highest BCUT2D eigenvalue weighted by molar-refractivity contribution is 14.0. The standard InChI is InChI=1S/C21H27F2N3O2.HI/c1-21(2,16-8-6-5-7-9-16)14-26-20(24-3)25-13-15-10-11-17(27-4)18(12-15)28-19(22)23;/h5-12,19H,13-14H2,1-4H3,(H2,24,25,26);1H. The lowest BCUT2D eigenvalue weighted by Gasteiger charge is -2.26. The van der Waals surface area contributed by atoms with Crippen molar-refractivity contribution < 1.29 is 18.3 Å². The fraction of sp³-hybridized carbons (Fsp3) is 0.381. The van der Waals surface area contributed by atoms with Crippen LogP contribution in [-0.4, -0.2) is 33.3 Å². The first-order valence-electron chi connectivity index (χ1n) is 8.97. The number of hydrogen-bond donors (Lipinski definition) is 2. The molecule has 0 amide bonds. The van der Waals surface area contributed by atoms with E-state index >= 15 is 0 Å². The highest BCUT2D eigenvalue weighted by atomic mass is 127. The van der Waals surface area contributed by atoms with Gasteiger partial charge in [-0.25, -0.2) is 0 Å². The maximum Gasteiger partial charge on any atom is 0.387 e. The van der Waals surface area contributed by atoms with Crippen LogP contribution in [0.3, 0.4) is 0 Å². The Morgan fingerprint density at radius 3 is 2.34 bits per heavy atom. The number of alkyl halides is 2. The second kappa shape index (κ2) is 11.8. The van der Waals surface area contributed by atoms with Crippen molar-refractivity contribution in [2.75, 3.05) is 20.7 Å². The summed E-state index contributed by atoms with van der Waals surface area (Å²) < 4.78 is 34.7. The molecule has 0 atom stereocenters. The van der Waals surface area contributed by atoms with Gasteiger partial charge in [0, 0.05) is 25.6 Å². The first kappa shape index (κ1) is 24.9. The summed E-state index contributed by atoms with van der Waals surface area (Å²) in [5, 5.41) is 6.49. The maximum atomic E-state index is 12.6. The third-order valence-corrected chi connectivity index (χ3v) is 4.38. The summed E-state index contributed by atoms with van der Waals surface area (Å²) in [6.45, 7) is 2.47. The largest absolute Gasteiger partial charge is 0.493 e. The Kier molecular flexibility index (Phi) is 10.1. The summed E-state index contributed by atoms with van der Waals surface area (Å²) in [7, 11) is 3.09. The summed E-state index contributed by atoms with van der Waals surface area (Å²) >= 11 is 0. The number of benzene rings is 2. The zero-order valence-corrected chi connectivity index (χ0v) is 19.4. The van der Waals surface area contributed by atoms with E-state index in [1.165, 1.54) is 18.7 Å². The van der Waals surface area contributed by atoms with E-state index in [4.69, 9.17) is 4.74 Å². The van der Waals surface area contributed by atoms with Crippen LogP contribution in [0.4, 0.5) is 8.78 Å². The van der Waals surface area contributed by atoms with E-state index in [0.29, 0.717) is 19.0 Å². The Morgan fingerprint density at radius 1 is 1.07 bits per heavy atom. The molecule has 0 bridgehead atoms. The van der Waals surface area contributed by atoms with Gasteiger partial charge < -0.3 is 20.1 Å². The molecule has 0 heterocycles. The number of nitrogens with zero attached hydrogens (tertiary/aromatic N) is 1. The molecular formula is C21H28F2IN3O2. The van der Waals surface area contributed by atoms with Crippen LogP contribution in [0, 0.1) is 0 Å². The van der Waals surface area contributed by atoms with Crippen LogP contribution in [0.15, 0.2) is 53.5 Å². The molecule has 0 saturated carbocycles. The number of aliphatic imine (C=N–C) groups is 1. The molecule has 0 fully saturated rings. The van der Waals surface area contributed by atoms with Crippen LogP contribution in [0.25, 0.3) is 0 Å². The molecule has 0 aliphatic rings. The summed E-state index contributed by atoms with van der Waals surface area (Å²) in [5.74, 6) is 0.886. The van der Waals surface area contributed by atoms with Gasteiger partial charge in [-0.1, -0.05) is 50.2 Å². The van der Waals surface area contributed by atoms with Crippen molar-refractivity contribution in [3.8, 4) is 11.5 Å². The van der Waals surface area contributed by atoms with Gasteiger partial charge in [0.1, 0.15) is 0 Å². The fourth-order valence-electron chi connectivity index (χ4n) is 2.72. The second-order valence-electron chi connectivity index (χ2n) is 6.89. The Bertz CT molecular complexity index is 787. The molecule has 8 heteroatoms. The zero-order chi connectivity index (χ0) is 20.6. The summed E-state index contributed by atoms with van der Waals surface area (Å²) in [5.41, 5.74) is 1.90. The van der Waals surface area contributed by atoms with E-state index < -0.39 is 6.61 Å². The quantitative estimate of drug-likeness (QED) is 0.305. The number of nitrogens with one attached hydrogen (secondary N) is 2. The molecule has 0 aromatic heterocycles. The number of hydrogen-bond acceptors (Lipinski definition) is 3. The van der Waals surface area contributed by atoms with E-state index in [-0.39, 0.29) is 40.9 Å². The van der Waals surface area contributed by atoms with Crippen LogP contribution < -0.4 is 20.1 Å². The molecule has 0 radical (unpaired) electrons. The van der Waals surface area contributed by atoms with Gasteiger partial charge in [0.05, 0.1) is 7.11 Å². The maximum absolute atomic E-state index is 12.6. The topological polar surface area (TPSA) is 54.9 Å². The van der Waals surface area contributed by atoms with Gasteiger partial charge in [-0.15, -0.1) is 24.0 Å². The van der Waals surface area contributed by atoms with Crippen LogP contribution in [0.5, 0.6) is 11.5 Å². The monoisotopic (exact) mass is 519 g/mol. The Labute approximate surface area is 187 Å². The molecule has 0 spiro atoms. The fourth-order valence-corrected chi connectivity index (χ4v) is 2.72. The molecule has 0 saturated heterocycles. The smallest absolute Gasteiger partial charge is 0.387 e. The molecule has 0 aliphatic carbocycles. The van der Waals surface area contributed by atoms with Crippen molar-refractivity contribution >= 4 is 29.9 Å². The Morgan fingerprint density at radius 2 is 1.76 bits per heavy atom. The average Bonchev–Trinajstić information content (AvgIpc) is 2.68. The predicted molar refractivity (Wildman–Crippen MR) is 123 cm³/mol. The van der Waals surface area contributed by atoms with Crippen molar-refractivity contribution in [2.24, 2.45) is 4.99 Å². The van der Waals surface area contributed by atoms with Crippen LogP contribution >= 0.6 is 24.0 Å². The van der Waals surface area contributed by atoms with Crippen molar-refractivity contribution in [1.29, 1.82) is 0 Å². The number of halogens is 3. The minimum absolute atomic E-state index is 0. The summed E-state index contributed by atoms with van der Waals surface area (Å²) in [6.07, 6.45) is 0. The van der Waals surface area contributed by atoms with Gasteiger partial charge in [-0.3, -0.25) is 4.99 Å². The van der Waals surface area contributed by atoms with Gasteiger partial charge >= 0.3 is 6.61 Å². The highest BCUT2D eigenvalue weighted by Gasteiger charge is 2.20. The molecule has 160 valence electrons. The van der Waals surface area contributed by atoms with Gasteiger partial charge in [0.2, 0.25) is 0 Å². The Hall–Kier alpha value is -2.10. The first-order valence-corrected chi connectivity index (χ1v) is 8.97. The zero-order valence-electron chi connectivity index (χ0n) is 17.0. The van der Waals surface area contributed by atoms with Crippen molar-refractivity contribution in [1.82, 2.24) is 10.6 Å². The molecule has 0 aliphatic heterocycles. The van der Waals surface area contributed by atoms with Crippen molar-refractivity contribution in [3.63, 3.8) is 0 Å². The Balaban J connectivity index is 0.00000420. The van der Waals surface area contributed by atoms with Gasteiger partial charge in [-0.2, -0.15) is 8.78 Å². The molecule has 0 unspecified atom stereocenters. The van der Waals surface area contributed by atoms with Crippen LogP contribution in [-0.2, 0) is 12.0 Å². The third kappa shape index (κ3) is 7.68. The summed E-state index contributed by atoms with van der Waals surface area (Å²) in [6, 6.07) is 15.1. The summed E-state index contributed by atoms with van der Waals surface area (Å²) in [4.78, 5) is 4.22. The molecule has 5 nitrogen and oxygen atoms in total. The average molecular weight is 519 g/mol. The number of rotatable bonds is 8. The minimum atomic E-state index is -2.91. The third-order valence-electron chi connectivity index (χ3n) is 4.38.